The molecular formula is C60H93NO7. The number of carboxylic acid groups (broad SMARTS) is 1. The summed E-state index contributed by atoms with van der Waals surface area (Å²) < 4.78 is 17.1. The zero-order valence-electron chi connectivity index (χ0n) is 43.2. The quantitative estimate of drug-likeness (QED) is 0.0259. The van der Waals surface area contributed by atoms with E-state index < -0.39 is 18.1 Å². The summed E-state index contributed by atoms with van der Waals surface area (Å²) in [5.74, 6) is -1.89. The predicted octanol–water partition coefficient (Wildman–Crippen LogP) is 14.0. The number of carbonyl (C=O) groups is 3. The second kappa shape index (κ2) is 48.7. The number of carbonyl (C=O) groups excluding carboxylic acids is 3. The van der Waals surface area contributed by atoms with Gasteiger partial charge >= 0.3 is 11.9 Å². The Morgan fingerprint density at radius 3 is 1.21 bits per heavy atom. The predicted molar refractivity (Wildman–Crippen MR) is 286 cm³/mol. The van der Waals surface area contributed by atoms with Crippen LogP contribution in [0, 0.1) is 0 Å². The Balaban J connectivity index is 4.48. The second-order valence-corrected chi connectivity index (χ2v) is 17.7. The minimum absolute atomic E-state index is 0.00646. The number of nitrogens with zero attached hydrogens (tertiary/aromatic N) is 1. The molecule has 0 aromatic carbocycles. The molecule has 0 saturated heterocycles. The molecule has 0 heterocycles. The first-order valence-corrected chi connectivity index (χ1v) is 25.9. The number of rotatable bonds is 44. The van der Waals surface area contributed by atoms with Crippen LogP contribution in [0.2, 0.25) is 0 Å². The van der Waals surface area contributed by atoms with Crippen molar-refractivity contribution in [2.45, 2.75) is 174 Å². The molecule has 8 nitrogen and oxygen atoms in total. The third-order valence-corrected chi connectivity index (χ3v) is 10.5. The number of esters is 2. The molecule has 0 amide bonds. The lowest BCUT2D eigenvalue weighted by Gasteiger charge is -2.34. The smallest absolute Gasteiger partial charge is 0.306 e. The normalized spacial score (nSPS) is 14.1. The number of quaternary nitrogens is 1. The van der Waals surface area contributed by atoms with Gasteiger partial charge in [0.1, 0.15) is 12.6 Å². The molecule has 8 heteroatoms. The highest BCUT2D eigenvalue weighted by Gasteiger charge is 2.25. The van der Waals surface area contributed by atoms with Crippen molar-refractivity contribution in [2.75, 3.05) is 41.0 Å². The van der Waals surface area contributed by atoms with Crippen LogP contribution in [0.15, 0.2) is 146 Å². The van der Waals surface area contributed by atoms with Crippen LogP contribution in [-0.4, -0.2) is 75.5 Å². The summed E-state index contributed by atoms with van der Waals surface area (Å²) >= 11 is 0. The number of carboxylic acids is 1. The van der Waals surface area contributed by atoms with E-state index in [1.54, 1.807) is 21.1 Å². The van der Waals surface area contributed by atoms with Gasteiger partial charge < -0.3 is 28.6 Å². The summed E-state index contributed by atoms with van der Waals surface area (Å²) in [4.78, 5) is 37.0. The maximum atomic E-state index is 12.8. The number of unbranched alkanes of at least 4 members (excludes halogenated alkanes) is 6. The van der Waals surface area contributed by atoms with Crippen molar-refractivity contribution in [3.8, 4) is 0 Å². The van der Waals surface area contributed by atoms with Crippen LogP contribution in [-0.2, 0) is 28.6 Å². The van der Waals surface area contributed by atoms with Crippen molar-refractivity contribution in [2.24, 2.45) is 0 Å². The van der Waals surface area contributed by atoms with E-state index in [4.69, 9.17) is 14.2 Å². The number of hydrogen-bond donors (Lipinski definition) is 0. The first-order valence-electron chi connectivity index (χ1n) is 25.9. The summed E-state index contributed by atoms with van der Waals surface area (Å²) in [5, 5.41) is 11.7. The van der Waals surface area contributed by atoms with Gasteiger partial charge in [-0.2, -0.15) is 0 Å². The molecule has 68 heavy (non-hydrogen) atoms. The summed E-state index contributed by atoms with van der Waals surface area (Å²) in [7, 11) is 5.36. The third-order valence-electron chi connectivity index (χ3n) is 10.5. The van der Waals surface area contributed by atoms with Crippen molar-refractivity contribution in [3.05, 3.63) is 146 Å². The molecule has 2 atom stereocenters. The molecule has 0 radical (unpaired) electrons. The second-order valence-electron chi connectivity index (χ2n) is 17.7. The van der Waals surface area contributed by atoms with E-state index in [-0.39, 0.29) is 55.5 Å². The average molecular weight is 940 g/mol. The van der Waals surface area contributed by atoms with E-state index in [2.05, 4.69) is 160 Å². The average Bonchev–Trinajstić information content (AvgIpc) is 3.30. The number of likely N-dealkylation sites (N-methyl/N-ethyl adjacent to an activating group) is 1. The van der Waals surface area contributed by atoms with E-state index in [0.29, 0.717) is 12.8 Å². The fourth-order valence-electron chi connectivity index (χ4n) is 6.49. The lowest BCUT2D eigenvalue weighted by molar-refractivity contribution is -0.889. The summed E-state index contributed by atoms with van der Waals surface area (Å²) in [5.41, 5.74) is 0. The van der Waals surface area contributed by atoms with Crippen LogP contribution in [0.3, 0.4) is 0 Å². The highest BCUT2D eigenvalue weighted by Crippen LogP contribution is 2.11. The largest absolute Gasteiger partial charge is 0.544 e. The van der Waals surface area contributed by atoms with Crippen molar-refractivity contribution in [1.29, 1.82) is 0 Å². The topological polar surface area (TPSA) is 102 Å². The van der Waals surface area contributed by atoms with Crippen LogP contribution in [0.25, 0.3) is 0 Å². The molecule has 0 aromatic rings. The van der Waals surface area contributed by atoms with Gasteiger partial charge in [-0.25, -0.2) is 0 Å². The molecule has 0 aliphatic carbocycles. The van der Waals surface area contributed by atoms with Crippen LogP contribution >= 0.6 is 0 Å². The number of allylic oxidation sites excluding steroid dienone is 24. The van der Waals surface area contributed by atoms with Crippen LogP contribution < -0.4 is 5.11 Å². The summed E-state index contributed by atoms with van der Waals surface area (Å²) in [6.45, 7) is 4.39. The number of aliphatic carboxylic acids is 1. The standard InChI is InChI=1S/C60H93NO7/c1-6-8-10-12-14-16-18-20-22-24-26-28-29-31-32-34-36-38-40-42-44-46-48-50-58(62)67-55-56(54-66-53-52-57(60(64)65)61(3,4)5)68-59(63)51-49-47-45-43-41-39-37-35-33-30-27-25-23-21-19-17-15-13-11-9-7-2/h8,10,14-17,20-23,26-28,30-32,35-38,41-44,56-57H,6-7,9,11-13,18-19,24-25,29,33-34,39-40,45-55H2,1-5H3/b10-8+,16-14+,17-15+,22-20+,23-21+,28-26+,30-27+,32-31+,37-35+,38-36+,43-41+,44-42+. The Bertz CT molecular complexity index is 1610. The van der Waals surface area contributed by atoms with E-state index in [1.807, 2.05) is 0 Å². The van der Waals surface area contributed by atoms with Gasteiger partial charge in [0.15, 0.2) is 6.10 Å². The fourth-order valence-corrected chi connectivity index (χ4v) is 6.49. The Labute approximate surface area is 415 Å². The monoisotopic (exact) mass is 940 g/mol. The number of hydrogen-bond acceptors (Lipinski definition) is 7. The molecule has 0 aliphatic rings. The zero-order chi connectivity index (χ0) is 49.9. The summed E-state index contributed by atoms with van der Waals surface area (Å²) in [6.07, 6.45) is 71.7. The molecule has 0 saturated carbocycles. The van der Waals surface area contributed by atoms with Crippen molar-refractivity contribution in [1.82, 2.24) is 0 Å². The minimum atomic E-state index is -1.15. The third kappa shape index (κ3) is 46.3. The molecular weight excluding hydrogens is 847 g/mol. The van der Waals surface area contributed by atoms with Crippen LogP contribution in [0.5, 0.6) is 0 Å². The molecule has 2 unspecified atom stereocenters. The highest BCUT2D eigenvalue weighted by atomic mass is 16.6. The van der Waals surface area contributed by atoms with Gasteiger partial charge in [-0.1, -0.05) is 173 Å². The Kier molecular flexibility index (Phi) is 45.2. The van der Waals surface area contributed by atoms with Gasteiger partial charge in [-0.15, -0.1) is 0 Å². The highest BCUT2D eigenvalue weighted by molar-refractivity contribution is 5.70. The Morgan fingerprint density at radius 2 is 0.824 bits per heavy atom. The minimum Gasteiger partial charge on any atom is -0.544 e. The molecule has 0 bridgehead atoms. The molecule has 380 valence electrons. The van der Waals surface area contributed by atoms with E-state index >= 15 is 0 Å². The van der Waals surface area contributed by atoms with Crippen molar-refractivity contribution in [3.63, 3.8) is 0 Å². The maximum absolute atomic E-state index is 12.8. The van der Waals surface area contributed by atoms with Gasteiger partial charge in [0.25, 0.3) is 0 Å². The molecule has 0 spiro atoms. The first-order chi connectivity index (χ1) is 33.1. The molecule has 0 rings (SSSR count). The van der Waals surface area contributed by atoms with E-state index in [1.165, 1.54) is 25.7 Å². The first kappa shape index (κ1) is 63.2. The number of ether oxygens (including phenoxy) is 3. The summed E-state index contributed by atoms with van der Waals surface area (Å²) in [6, 6.07) is -0.754. The Hall–Kier alpha value is -4.79. The van der Waals surface area contributed by atoms with Crippen molar-refractivity contribution >= 4 is 17.9 Å². The van der Waals surface area contributed by atoms with Crippen LogP contribution in [0.4, 0.5) is 0 Å². The van der Waals surface area contributed by atoms with Gasteiger partial charge in [0.05, 0.1) is 40.3 Å². The van der Waals surface area contributed by atoms with Gasteiger partial charge in [0, 0.05) is 19.3 Å². The van der Waals surface area contributed by atoms with E-state index in [9.17, 15) is 19.5 Å². The fraction of sp³-hybridized carbons (Fsp3) is 0.550. The van der Waals surface area contributed by atoms with Crippen molar-refractivity contribution < 1.29 is 38.2 Å². The van der Waals surface area contributed by atoms with E-state index in [0.717, 1.165) is 89.9 Å². The SMILES string of the molecule is CC/C=C/C/C=C/C/C=C/C/C=C/C/C=C/C/C=C/C/C=C/CCCC(=O)OCC(COCCC(C(=O)[O-])[N+](C)(C)C)OC(=O)CCCC/C=C/C/C=C/C/C=C/C/C=C/C/C=C/CCCCC. The van der Waals surface area contributed by atoms with Gasteiger partial charge in [-0.05, 0) is 116 Å². The zero-order valence-corrected chi connectivity index (χ0v) is 43.2. The molecule has 0 N–H and O–H groups in total. The van der Waals surface area contributed by atoms with Gasteiger partial charge in [0.2, 0.25) is 0 Å². The van der Waals surface area contributed by atoms with Crippen LogP contribution in [0.1, 0.15) is 162 Å². The lowest BCUT2D eigenvalue weighted by Crippen LogP contribution is -2.55. The molecule has 0 aliphatic heterocycles. The molecule has 0 fully saturated rings. The Morgan fingerprint density at radius 1 is 0.456 bits per heavy atom. The molecule has 0 aromatic heterocycles. The lowest BCUT2D eigenvalue weighted by atomic mass is 10.1. The van der Waals surface area contributed by atoms with Gasteiger partial charge in [-0.3, -0.25) is 9.59 Å². The maximum Gasteiger partial charge on any atom is 0.306 e.